The van der Waals surface area contributed by atoms with Crippen LogP contribution in [0.15, 0.2) is 12.1 Å². The van der Waals surface area contributed by atoms with Crippen molar-refractivity contribution in [2.24, 2.45) is 0 Å². The lowest BCUT2D eigenvalue weighted by Gasteiger charge is -2.11. The molecular weight excluding hydrogens is 212 g/mol. The Balaban J connectivity index is 2.54. The average Bonchev–Trinajstić information content (AvgIpc) is 2.41. The summed E-state index contributed by atoms with van der Waals surface area (Å²) in [6, 6.07) is 3.59. The third kappa shape index (κ3) is 2.15. The summed E-state index contributed by atoms with van der Waals surface area (Å²) in [4.78, 5) is 11.4. The lowest BCUT2D eigenvalue weighted by Crippen LogP contribution is -2.02. The van der Waals surface area contributed by atoms with Crippen molar-refractivity contribution in [3.8, 4) is 5.75 Å². The van der Waals surface area contributed by atoms with Gasteiger partial charge < -0.3 is 4.74 Å². The highest BCUT2D eigenvalue weighted by Gasteiger charge is 2.17. The number of ketones is 1. The molecule has 0 spiro atoms. The SMILES string of the molecule is CC(=O)c1cc(Cl)cc2c1OCCCC2. The molecule has 0 atom stereocenters. The number of rotatable bonds is 1. The molecule has 0 saturated carbocycles. The molecule has 0 bridgehead atoms. The van der Waals surface area contributed by atoms with Gasteiger partial charge in [-0.05, 0) is 43.9 Å². The van der Waals surface area contributed by atoms with Crippen LogP contribution in [0.2, 0.25) is 5.02 Å². The van der Waals surface area contributed by atoms with Gasteiger partial charge in [0.2, 0.25) is 0 Å². The zero-order valence-electron chi connectivity index (χ0n) is 8.68. The minimum atomic E-state index is 0.00986. The van der Waals surface area contributed by atoms with E-state index in [9.17, 15) is 4.79 Å². The molecule has 0 aliphatic carbocycles. The predicted octanol–water partition coefficient (Wildman–Crippen LogP) is 3.26. The summed E-state index contributed by atoms with van der Waals surface area (Å²) >= 11 is 5.97. The van der Waals surface area contributed by atoms with Crippen molar-refractivity contribution in [3.05, 3.63) is 28.3 Å². The molecule has 80 valence electrons. The number of benzene rings is 1. The summed E-state index contributed by atoms with van der Waals surface area (Å²) in [5, 5.41) is 0.615. The number of Topliss-reactive ketones (excluding diaryl/α,β-unsaturated/α-hetero) is 1. The molecule has 0 amide bonds. The van der Waals surface area contributed by atoms with Crippen LogP contribution in [0.4, 0.5) is 0 Å². The van der Waals surface area contributed by atoms with Crippen molar-refractivity contribution < 1.29 is 9.53 Å². The van der Waals surface area contributed by atoms with E-state index in [2.05, 4.69) is 0 Å². The normalized spacial score (nSPS) is 15.1. The van der Waals surface area contributed by atoms with Gasteiger partial charge in [0.25, 0.3) is 0 Å². The van der Waals surface area contributed by atoms with Gasteiger partial charge in [0.05, 0.1) is 12.2 Å². The number of hydrogen-bond acceptors (Lipinski definition) is 2. The van der Waals surface area contributed by atoms with Crippen molar-refractivity contribution >= 4 is 17.4 Å². The Kier molecular flexibility index (Phi) is 2.96. The fraction of sp³-hybridized carbons (Fsp3) is 0.417. The van der Waals surface area contributed by atoms with Gasteiger partial charge in [-0.3, -0.25) is 4.79 Å². The van der Waals surface area contributed by atoms with Crippen LogP contribution in [0.5, 0.6) is 5.75 Å². The van der Waals surface area contributed by atoms with E-state index in [4.69, 9.17) is 16.3 Å². The number of halogens is 1. The fourth-order valence-electron chi connectivity index (χ4n) is 1.86. The third-order valence-corrected chi connectivity index (χ3v) is 2.81. The summed E-state index contributed by atoms with van der Waals surface area (Å²) in [5.41, 5.74) is 1.67. The Morgan fingerprint density at radius 1 is 1.40 bits per heavy atom. The monoisotopic (exact) mass is 224 g/mol. The molecule has 3 heteroatoms. The second kappa shape index (κ2) is 4.23. The molecule has 1 heterocycles. The highest BCUT2D eigenvalue weighted by molar-refractivity contribution is 6.31. The molecule has 1 aliphatic rings. The maximum atomic E-state index is 11.4. The number of carbonyl (C=O) groups excluding carboxylic acids is 1. The Hall–Kier alpha value is -1.02. The molecule has 2 rings (SSSR count). The molecule has 0 fully saturated rings. The predicted molar refractivity (Wildman–Crippen MR) is 59.9 cm³/mol. The van der Waals surface area contributed by atoms with Crippen molar-refractivity contribution in [1.82, 2.24) is 0 Å². The van der Waals surface area contributed by atoms with Crippen LogP contribution in [-0.2, 0) is 6.42 Å². The Bertz CT molecular complexity index is 399. The molecule has 0 radical (unpaired) electrons. The average molecular weight is 225 g/mol. The molecule has 0 unspecified atom stereocenters. The van der Waals surface area contributed by atoms with Gasteiger partial charge in [-0.2, -0.15) is 0 Å². The fourth-order valence-corrected chi connectivity index (χ4v) is 2.10. The van der Waals surface area contributed by atoms with E-state index in [1.807, 2.05) is 6.07 Å². The highest BCUT2D eigenvalue weighted by Crippen LogP contribution is 2.31. The van der Waals surface area contributed by atoms with Gasteiger partial charge in [0, 0.05) is 5.02 Å². The van der Waals surface area contributed by atoms with Crippen LogP contribution in [0.1, 0.15) is 35.7 Å². The molecule has 1 aromatic carbocycles. The summed E-state index contributed by atoms with van der Waals surface area (Å²) in [5.74, 6) is 0.750. The lowest BCUT2D eigenvalue weighted by molar-refractivity contribution is 0.101. The number of ether oxygens (including phenoxy) is 1. The minimum absolute atomic E-state index is 0.00986. The van der Waals surface area contributed by atoms with Gasteiger partial charge >= 0.3 is 0 Å². The molecule has 1 aromatic rings. The van der Waals surface area contributed by atoms with Crippen molar-refractivity contribution in [2.45, 2.75) is 26.2 Å². The van der Waals surface area contributed by atoms with E-state index in [0.29, 0.717) is 17.2 Å². The molecule has 0 aromatic heterocycles. The molecule has 0 saturated heterocycles. The van der Waals surface area contributed by atoms with Gasteiger partial charge in [0.1, 0.15) is 5.75 Å². The Morgan fingerprint density at radius 3 is 2.93 bits per heavy atom. The first kappa shape index (κ1) is 10.5. The van der Waals surface area contributed by atoms with Gasteiger partial charge in [-0.25, -0.2) is 0 Å². The van der Waals surface area contributed by atoms with E-state index in [0.717, 1.165) is 30.6 Å². The second-order valence-corrected chi connectivity index (χ2v) is 4.24. The van der Waals surface area contributed by atoms with E-state index < -0.39 is 0 Å². The van der Waals surface area contributed by atoms with Crippen LogP contribution < -0.4 is 4.74 Å². The summed E-state index contributed by atoms with van der Waals surface area (Å²) in [6.07, 6.45) is 3.06. The van der Waals surface area contributed by atoms with E-state index in [1.165, 1.54) is 0 Å². The molecule has 0 N–H and O–H groups in total. The number of hydrogen-bond donors (Lipinski definition) is 0. The zero-order valence-corrected chi connectivity index (χ0v) is 9.43. The van der Waals surface area contributed by atoms with Gasteiger partial charge in [-0.1, -0.05) is 11.6 Å². The van der Waals surface area contributed by atoms with Crippen molar-refractivity contribution in [2.75, 3.05) is 6.61 Å². The number of aryl methyl sites for hydroxylation is 1. The second-order valence-electron chi connectivity index (χ2n) is 3.80. The van der Waals surface area contributed by atoms with Gasteiger partial charge in [-0.15, -0.1) is 0 Å². The third-order valence-electron chi connectivity index (χ3n) is 2.60. The quantitative estimate of drug-likeness (QED) is 0.685. The lowest BCUT2D eigenvalue weighted by atomic mass is 10.0. The van der Waals surface area contributed by atoms with Crippen LogP contribution >= 0.6 is 11.6 Å². The topological polar surface area (TPSA) is 26.3 Å². The molecule has 1 aliphatic heterocycles. The summed E-state index contributed by atoms with van der Waals surface area (Å²) in [7, 11) is 0. The number of fused-ring (bicyclic) bond motifs is 1. The van der Waals surface area contributed by atoms with E-state index in [1.54, 1.807) is 13.0 Å². The van der Waals surface area contributed by atoms with Crippen LogP contribution in [0, 0.1) is 0 Å². The van der Waals surface area contributed by atoms with Crippen LogP contribution in [0.3, 0.4) is 0 Å². The van der Waals surface area contributed by atoms with Gasteiger partial charge in [0.15, 0.2) is 5.78 Å². The maximum absolute atomic E-state index is 11.4. The largest absolute Gasteiger partial charge is 0.493 e. The molecule has 2 nitrogen and oxygen atoms in total. The minimum Gasteiger partial charge on any atom is -0.493 e. The Labute approximate surface area is 94.2 Å². The van der Waals surface area contributed by atoms with Crippen molar-refractivity contribution in [1.29, 1.82) is 0 Å². The summed E-state index contributed by atoms with van der Waals surface area (Å²) in [6.45, 7) is 2.23. The Morgan fingerprint density at radius 2 is 2.20 bits per heavy atom. The zero-order chi connectivity index (χ0) is 10.8. The maximum Gasteiger partial charge on any atom is 0.163 e. The smallest absolute Gasteiger partial charge is 0.163 e. The summed E-state index contributed by atoms with van der Waals surface area (Å²) < 4.78 is 5.62. The molecule has 15 heavy (non-hydrogen) atoms. The van der Waals surface area contributed by atoms with Crippen molar-refractivity contribution in [3.63, 3.8) is 0 Å². The first-order chi connectivity index (χ1) is 7.18. The van der Waals surface area contributed by atoms with E-state index >= 15 is 0 Å². The van der Waals surface area contributed by atoms with Crippen LogP contribution in [-0.4, -0.2) is 12.4 Å². The standard InChI is InChI=1S/C12H13ClO2/c1-8(14)11-7-10(13)6-9-4-2-3-5-15-12(9)11/h6-7H,2-5H2,1H3. The first-order valence-corrected chi connectivity index (χ1v) is 5.52. The molecular formula is C12H13ClO2. The first-order valence-electron chi connectivity index (χ1n) is 5.14. The number of carbonyl (C=O) groups is 1. The van der Waals surface area contributed by atoms with Crippen LogP contribution in [0.25, 0.3) is 0 Å². The highest BCUT2D eigenvalue weighted by atomic mass is 35.5. The van der Waals surface area contributed by atoms with E-state index in [-0.39, 0.29) is 5.78 Å².